The van der Waals surface area contributed by atoms with Gasteiger partial charge in [-0.05, 0) is 68.3 Å². The summed E-state index contributed by atoms with van der Waals surface area (Å²) in [7, 11) is 0. The summed E-state index contributed by atoms with van der Waals surface area (Å²) < 4.78 is 18.3. The highest BCUT2D eigenvalue weighted by atomic mass is 19.1. The Kier molecular flexibility index (Phi) is 7.19. The zero-order valence-corrected chi connectivity index (χ0v) is 17.5. The normalized spacial score (nSPS) is 15.0. The molecule has 0 aromatic heterocycles. The Balaban J connectivity index is 1.47. The highest BCUT2D eigenvalue weighted by molar-refractivity contribution is 5.97. The van der Waals surface area contributed by atoms with Crippen LogP contribution in [0.15, 0.2) is 48.5 Å². The number of primary amides is 1. The number of hydrogen-bond donors (Lipinski definition) is 2. The number of halogens is 1. The molecule has 1 fully saturated rings. The van der Waals surface area contributed by atoms with Gasteiger partial charge in [0.2, 0.25) is 5.91 Å². The highest BCUT2D eigenvalue weighted by Crippen LogP contribution is 2.21. The standard InChI is InChI=1S/C23H24FN3O5/c1-14(21(29)26-19-8-4-15(5-9-19)20(25)28)32-23(31)17-10-12-27(13-11-17)22(30)16-2-6-18(24)7-3-16/h2-9,14,17H,10-13H2,1H3,(H2,25,28)(H,26,29). The molecule has 32 heavy (non-hydrogen) atoms. The molecule has 0 radical (unpaired) electrons. The SMILES string of the molecule is CC(OC(=O)C1CCN(C(=O)c2ccc(F)cc2)CC1)C(=O)Nc1ccc(C(N)=O)cc1. The minimum atomic E-state index is -1.02. The van der Waals surface area contributed by atoms with E-state index in [9.17, 15) is 23.6 Å². The fourth-order valence-electron chi connectivity index (χ4n) is 3.38. The minimum absolute atomic E-state index is 0.216. The first kappa shape index (κ1) is 22.9. The van der Waals surface area contributed by atoms with Crippen molar-refractivity contribution >= 4 is 29.4 Å². The van der Waals surface area contributed by atoms with Gasteiger partial charge in [0.1, 0.15) is 5.82 Å². The van der Waals surface area contributed by atoms with Crippen LogP contribution in [0.4, 0.5) is 10.1 Å². The van der Waals surface area contributed by atoms with Gasteiger partial charge in [-0.3, -0.25) is 19.2 Å². The number of nitrogens with one attached hydrogen (secondary N) is 1. The third-order valence-electron chi connectivity index (χ3n) is 5.31. The zero-order chi connectivity index (χ0) is 23.3. The van der Waals surface area contributed by atoms with Crippen molar-refractivity contribution in [3.8, 4) is 0 Å². The predicted octanol–water partition coefficient (Wildman–Crippen LogP) is 2.35. The maximum absolute atomic E-state index is 13.0. The van der Waals surface area contributed by atoms with Gasteiger partial charge in [-0.25, -0.2) is 4.39 Å². The molecule has 1 aliphatic heterocycles. The number of ether oxygens (including phenoxy) is 1. The molecular weight excluding hydrogens is 417 g/mol. The van der Waals surface area contributed by atoms with E-state index in [1.165, 1.54) is 55.5 Å². The van der Waals surface area contributed by atoms with Gasteiger partial charge >= 0.3 is 5.97 Å². The van der Waals surface area contributed by atoms with Crippen molar-refractivity contribution in [1.82, 2.24) is 4.90 Å². The third kappa shape index (κ3) is 5.69. The average Bonchev–Trinajstić information content (AvgIpc) is 2.79. The lowest BCUT2D eigenvalue weighted by Crippen LogP contribution is -2.41. The average molecular weight is 441 g/mol. The first-order valence-electron chi connectivity index (χ1n) is 10.2. The molecule has 0 spiro atoms. The Labute approximate surface area is 184 Å². The number of piperidine rings is 1. The molecular formula is C23H24FN3O5. The molecule has 168 valence electrons. The maximum Gasteiger partial charge on any atom is 0.309 e. The Morgan fingerprint density at radius 2 is 1.56 bits per heavy atom. The summed E-state index contributed by atoms with van der Waals surface area (Å²) >= 11 is 0. The van der Waals surface area contributed by atoms with Gasteiger partial charge in [0.05, 0.1) is 5.92 Å². The van der Waals surface area contributed by atoms with Crippen LogP contribution in [-0.4, -0.2) is 47.8 Å². The van der Waals surface area contributed by atoms with Gasteiger partial charge < -0.3 is 20.7 Å². The molecule has 9 heteroatoms. The quantitative estimate of drug-likeness (QED) is 0.667. The second-order valence-corrected chi connectivity index (χ2v) is 7.58. The molecule has 8 nitrogen and oxygen atoms in total. The zero-order valence-electron chi connectivity index (χ0n) is 17.5. The Morgan fingerprint density at radius 3 is 2.12 bits per heavy atom. The molecule has 0 aliphatic carbocycles. The molecule has 0 bridgehead atoms. The van der Waals surface area contributed by atoms with Gasteiger partial charge in [-0.1, -0.05) is 0 Å². The van der Waals surface area contributed by atoms with Crippen LogP contribution in [0.25, 0.3) is 0 Å². The lowest BCUT2D eigenvalue weighted by molar-refractivity contribution is -0.158. The number of amides is 3. The molecule has 0 saturated carbocycles. The summed E-state index contributed by atoms with van der Waals surface area (Å²) in [5.74, 6) is -2.62. The summed E-state index contributed by atoms with van der Waals surface area (Å²) in [6.07, 6.45) is -0.194. The molecule has 3 N–H and O–H groups in total. The van der Waals surface area contributed by atoms with Crippen molar-refractivity contribution in [2.24, 2.45) is 11.7 Å². The number of hydrogen-bond acceptors (Lipinski definition) is 5. The summed E-state index contributed by atoms with van der Waals surface area (Å²) in [6, 6.07) is 11.3. The number of likely N-dealkylation sites (tertiary alicyclic amines) is 1. The van der Waals surface area contributed by atoms with Gasteiger partial charge in [0.25, 0.3) is 11.8 Å². The van der Waals surface area contributed by atoms with E-state index in [0.29, 0.717) is 42.7 Å². The van der Waals surface area contributed by atoms with Gasteiger partial charge in [0.15, 0.2) is 6.10 Å². The smallest absolute Gasteiger partial charge is 0.309 e. The van der Waals surface area contributed by atoms with Crippen LogP contribution in [0.1, 0.15) is 40.5 Å². The summed E-state index contributed by atoms with van der Waals surface area (Å²) in [6.45, 7) is 2.20. The van der Waals surface area contributed by atoms with Crippen molar-refractivity contribution in [3.63, 3.8) is 0 Å². The molecule has 1 unspecified atom stereocenters. The van der Waals surface area contributed by atoms with E-state index in [1.807, 2.05) is 0 Å². The molecule has 1 heterocycles. The van der Waals surface area contributed by atoms with E-state index in [1.54, 1.807) is 4.90 Å². The summed E-state index contributed by atoms with van der Waals surface area (Å²) in [5, 5.41) is 2.61. The van der Waals surface area contributed by atoms with Gasteiger partial charge in [0, 0.05) is 29.9 Å². The van der Waals surface area contributed by atoms with Crippen molar-refractivity contribution in [2.75, 3.05) is 18.4 Å². The highest BCUT2D eigenvalue weighted by Gasteiger charge is 2.30. The number of nitrogens with two attached hydrogens (primary N) is 1. The summed E-state index contributed by atoms with van der Waals surface area (Å²) in [5.41, 5.74) is 6.32. The Hall–Kier alpha value is -3.75. The van der Waals surface area contributed by atoms with E-state index >= 15 is 0 Å². The van der Waals surface area contributed by atoms with Crippen LogP contribution < -0.4 is 11.1 Å². The van der Waals surface area contributed by atoms with E-state index in [0.717, 1.165) is 0 Å². The molecule has 2 aromatic carbocycles. The first-order valence-corrected chi connectivity index (χ1v) is 10.2. The van der Waals surface area contributed by atoms with Crippen molar-refractivity contribution in [3.05, 3.63) is 65.5 Å². The minimum Gasteiger partial charge on any atom is -0.452 e. The van der Waals surface area contributed by atoms with Crippen molar-refractivity contribution < 1.29 is 28.3 Å². The first-order chi connectivity index (χ1) is 15.2. The molecule has 3 amide bonds. The van der Waals surface area contributed by atoms with Crippen molar-refractivity contribution in [2.45, 2.75) is 25.9 Å². The molecule has 3 rings (SSSR count). The van der Waals surface area contributed by atoms with Gasteiger partial charge in [-0.15, -0.1) is 0 Å². The molecule has 1 atom stereocenters. The molecule has 1 aliphatic rings. The number of carbonyl (C=O) groups excluding carboxylic acids is 4. The van der Waals surface area contributed by atoms with E-state index in [2.05, 4.69) is 5.32 Å². The third-order valence-corrected chi connectivity index (χ3v) is 5.31. The van der Waals surface area contributed by atoms with Crippen LogP contribution in [-0.2, 0) is 14.3 Å². The lowest BCUT2D eigenvalue weighted by Gasteiger charge is -2.31. The molecule has 1 saturated heterocycles. The number of nitrogens with zero attached hydrogens (tertiary/aromatic N) is 1. The lowest BCUT2D eigenvalue weighted by atomic mass is 9.96. The largest absolute Gasteiger partial charge is 0.452 e. The Bertz CT molecular complexity index is 999. The number of carbonyl (C=O) groups is 4. The fourth-order valence-corrected chi connectivity index (χ4v) is 3.38. The number of benzene rings is 2. The van der Waals surface area contributed by atoms with Crippen LogP contribution in [0.5, 0.6) is 0 Å². The van der Waals surface area contributed by atoms with Crippen LogP contribution in [0.3, 0.4) is 0 Å². The van der Waals surface area contributed by atoms with Crippen LogP contribution in [0.2, 0.25) is 0 Å². The van der Waals surface area contributed by atoms with Crippen LogP contribution >= 0.6 is 0 Å². The second kappa shape index (κ2) is 10.0. The van der Waals surface area contributed by atoms with Crippen LogP contribution in [0, 0.1) is 11.7 Å². The van der Waals surface area contributed by atoms with E-state index in [4.69, 9.17) is 10.5 Å². The topological polar surface area (TPSA) is 119 Å². The summed E-state index contributed by atoms with van der Waals surface area (Å²) in [4.78, 5) is 50.0. The predicted molar refractivity (Wildman–Crippen MR) is 114 cm³/mol. The maximum atomic E-state index is 13.0. The van der Waals surface area contributed by atoms with E-state index < -0.39 is 35.6 Å². The molecule has 2 aromatic rings. The number of anilines is 1. The second-order valence-electron chi connectivity index (χ2n) is 7.58. The number of rotatable bonds is 6. The monoisotopic (exact) mass is 441 g/mol. The van der Waals surface area contributed by atoms with Crippen molar-refractivity contribution in [1.29, 1.82) is 0 Å². The fraction of sp³-hybridized carbons (Fsp3) is 0.304. The number of esters is 1. The Morgan fingerprint density at radius 1 is 1.00 bits per heavy atom. The van der Waals surface area contributed by atoms with E-state index in [-0.39, 0.29) is 5.91 Å². The van der Waals surface area contributed by atoms with Gasteiger partial charge in [-0.2, -0.15) is 0 Å².